The molecule has 1 aromatic rings. The quantitative estimate of drug-likeness (QED) is 0.461. The molecular weight excluding hydrogens is 308 g/mol. The van der Waals surface area contributed by atoms with Crippen molar-refractivity contribution in [2.45, 2.75) is 91.9 Å². The third kappa shape index (κ3) is 4.86. The van der Waals surface area contributed by atoms with Crippen molar-refractivity contribution in [3.63, 3.8) is 0 Å². The fourth-order valence-electron chi connectivity index (χ4n) is 3.50. The summed E-state index contributed by atoms with van der Waals surface area (Å²) in [6, 6.07) is 4.36. The van der Waals surface area contributed by atoms with E-state index in [1.807, 2.05) is 0 Å². The summed E-state index contributed by atoms with van der Waals surface area (Å²) in [5, 5.41) is 0. The molecular formula is C23H36O2. The standard InChI is InChI=1S/C23H36O2/c1-9-10-11-16-14-17(16)21(24)25-20-18(22(3,4)5)12-15(2)13-19(20)23(6,7)8/h12-13,16-17H,9-11,14H2,1-8H3/t16-,17-/m1/s1. The second-order valence-corrected chi connectivity index (χ2v) is 9.85. The molecule has 0 saturated heterocycles. The van der Waals surface area contributed by atoms with Crippen molar-refractivity contribution < 1.29 is 9.53 Å². The Bertz CT molecular complexity index is 593. The Morgan fingerprint density at radius 1 is 1.08 bits per heavy atom. The fraction of sp³-hybridized carbons (Fsp3) is 0.696. The van der Waals surface area contributed by atoms with Crippen molar-refractivity contribution in [3.8, 4) is 5.75 Å². The molecule has 0 radical (unpaired) electrons. The first-order valence-corrected chi connectivity index (χ1v) is 9.82. The van der Waals surface area contributed by atoms with Gasteiger partial charge in [-0.1, -0.05) is 79.0 Å². The second kappa shape index (κ2) is 7.13. The van der Waals surface area contributed by atoms with E-state index >= 15 is 0 Å². The first-order valence-electron chi connectivity index (χ1n) is 9.82. The van der Waals surface area contributed by atoms with Gasteiger partial charge in [-0.3, -0.25) is 4.79 Å². The van der Waals surface area contributed by atoms with Crippen LogP contribution in [0.1, 0.15) is 90.8 Å². The highest BCUT2D eigenvalue weighted by atomic mass is 16.5. The second-order valence-electron chi connectivity index (χ2n) is 9.85. The Balaban J connectivity index is 2.34. The van der Waals surface area contributed by atoms with Crippen LogP contribution in [0.2, 0.25) is 0 Å². The van der Waals surface area contributed by atoms with Gasteiger partial charge in [0.15, 0.2) is 0 Å². The van der Waals surface area contributed by atoms with Crippen molar-refractivity contribution in [1.82, 2.24) is 0 Å². The van der Waals surface area contributed by atoms with Crippen molar-refractivity contribution in [2.75, 3.05) is 0 Å². The van der Waals surface area contributed by atoms with Crippen molar-refractivity contribution in [2.24, 2.45) is 11.8 Å². The third-order valence-electron chi connectivity index (χ3n) is 5.21. The van der Waals surface area contributed by atoms with Gasteiger partial charge >= 0.3 is 5.97 Å². The lowest BCUT2D eigenvalue weighted by atomic mass is 9.78. The summed E-state index contributed by atoms with van der Waals surface area (Å²) in [5.41, 5.74) is 3.37. The molecule has 2 heteroatoms. The van der Waals surface area contributed by atoms with Gasteiger partial charge in [0, 0.05) is 11.1 Å². The Morgan fingerprint density at radius 3 is 2.04 bits per heavy atom. The van der Waals surface area contributed by atoms with Crippen molar-refractivity contribution in [1.29, 1.82) is 0 Å². The van der Waals surface area contributed by atoms with Crippen LogP contribution < -0.4 is 4.74 Å². The molecule has 0 bridgehead atoms. The molecule has 0 amide bonds. The molecule has 1 aromatic carbocycles. The monoisotopic (exact) mass is 344 g/mol. The largest absolute Gasteiger partial charge is 0.426 e. The van der Waals surface area contributed by atoms with Gasteiger partial charge in [-0.15, -0.1) is 0 Å². The molecule has 1 aliphatic rings. The number of unbranched alkanes of at least 4 members (excludes halogenated alkanes) is 1. The van der Waals surface area contributed by atoms with Crippen LogP contribution in [0.5, 0.6) is 5.75 Å². The van der Waals surface area contributed by atoms with Gasteiger partial charge in [-0.05, 0) is 36.5 Å². The molecule has 2 nitrogen and oxygen atoms in total. The average Bonchev–Trinajstić information content (AvgIpc) is 3.24. The average molecular weight is 345 g/mol. The minimum absolute atomic E-state index is 0.0269. The maximum absolute atomic E-state index is 12.8. The zero-order chi connectivity index (χ0) is 19.0. The van der Waals surface area contributed by atoms with Gasteiger partial charge in [0.25, 0.3) is 0 Å². The summed E-state index contributed by atoms with van der Waals surface area (Å²) in [4.78, 5) is 12.8. The predicted molar refractivity (Wildman–Crippen MR) is 105 cm³/mol. The molecule has 0 unspecified atom stereocenters. The lowest BCUT2D eigenvalue weighted by Gasteiger charge is -2.29. The molecule has 2 atom stereocenters. The van der Waals surface area contributed by atoms with Crippen LogP contribution in [0.25, 0.3) is 0 Å². The van der Waals surface area contributed by atoms with E-state index < -0.39 is 0 Å². The normalized spacial score (nSPS) is 20.5. The molecule has 0 heterocycles. The minimum atomic E-state index is -0.0627. The summed E-state index contributed by atoms with van der Waals surface area (Å²) >= 11 is 0. The number of ether oxygens (including phenoxy) is 1. The van der Waals surface area contributed by atoms with Crippen LogP contribution >= 0.6 is 0 Å². The van der Waals surface area contributed by atoms with Gasteiger partial charge in [0.1, 0.15) is 5.75 Å². The Kier molecular flexibility index (Phi) is 5.71. The van der Waals surface area contributed by atoms with E-state index in [4.69, 9.17) is 4.74 Å². The molecule has 0 aliphatic heterocycles. The van der Waals surface area contributed by atoms with E-state index in [2.05, 4.69) is 67.5 Å². The Morgan fingerprint density at radius 2 is 1.60 bits per heavy atom. The molecule has 2 rings (SSSR count). The van der Waals surface area contributed by atoms with Gasteiger partial charge < -0.3 is 4.74 Å². The van der Waals surface area contributed by atoms with Crippen LogP contribution in [0, 0.1) is 18.8 Å². The number of carbonyl (C=O) groups excluding carboxylic acids is 1. The van der Waals surface area contributed by atoms with Crippen LogP contribution in [0.15, 0.2) is 12.1 Å². The Labute approximate surface area is 154 Å². The van der Waals surface area contributed by atoms with Crippen LogP contribution in [-0.4, -0.2) is 5.97 Å². The summed E-state index contributed by atoms with van der Waals surface area (Å²) < 4.78 is 6.08. The van der Waals surface area contributed by atoms with E-state index in [1.165, 1.54) is 18.4 Å². The number of carbonyl (C=O) groups is 1. The summed E-state index contributed by atoms with van der Waals surface area (Å²) in [5.74, 6) is 1.42. The molecule has 0 spiro atoms. The number of esters is 1. The van der Waals surface area contributed by atoms with E-state index in [9.17, 15) is 4.79 Å². The molecule has 140 valence electrons. The van der Waals surface area contributed by atoms with Gasteiger partial charge in [-0.25, -0.2) is 0 Å². The van der Waals surface area contributed by atoms with Gasteiger partial charge in [-0.2, -0.15) is 0 Å². The van der Waals surface area contributed by atoms with Gasteiger partial charge in [0.05, 0.1) is 5.92 Å². The zero-order valence-corrected chi connectivity index (χ0v) is 17.5. The number of benzene rings is 1. The molecule has 1 fully saturated rings. The number of hydrogen-bond donors (Lipinski definition) is 0. The maximum Gasteiger partial charge on any atom is 0.314 e. The van der Waals surface area contributed by atoms with Crippen molar-refractivity contribution in [3.05, 3.63) is 28.8 Å². The van der Waals surface area contributed by atoms with Crippen LogP contribution in [-0.2, 0) is 15.6 Å². The van der Waals surface area contributed by atoms with Gasteiger partial charge in [0.2, 0.25) is 0 Å². The SMILES string of the molecule is CCCC[C@@H]1C[C@H]1C(=O)Oc1c(C(C)(C)C)cc(C)cc1C(C)(C)C. The first-order chi connectivity index (χ1) is 11.4. The van der Waals surface area contributed by atoms with E-state index in [0.717, 1.165) is 29.7 Å². The fourth-order valence-corrected chi connectivity index (χ4v) is 3.50. The summed E-state index contributed by atoms with van der Waals surface area (Å²) in [6.07, 6.45) is 4.56. The van der Waals surface area contributed by atoms with Crippen LogP contribution in [0.4, 0.5) is 0 Å². The van der Waals surface area contributed by atoms with E-state index in [0.29, 0.717) is 5.92 Å². The van der Waals surface area contributed by atoms with Crippen LogP contribution in [0.3, 0.4) is 0 Å². The molecule has 1 aliphatic carbocycles. The third-order valence-corrected chi connectivity index (χ3v) is 5.21. The Hall–Kier alpha value is -1.31. The lowest BCUT2D eigenvalue weighted by Crippen LogP contribution is -2.23. The number of rotatable bonds is 5. The highest BCUT2D eigenvalue weighted by molar-refractivity contribution is 5.79. The number of aryl methyl sites for hydroxylation is 1. The predicted octanol–water partition coefficient (Wildman–Crippen LogP) is 6.32. The van der Waals surface area contributed by atoms with Crippen molar-refractivity contribution >= 4 is 5.97 Å². The van der Waals surface area contributed by atoms with E-state index in [1.54, 1.807) is 0 Å². The smallest absolute Gasteiger partial charge is 0.314 e. The molecule has 0 aromatic heterocycles. The van der Waals surface area contributed by atoms with E-state index in [-0.39, 0.29) is 22.7 Å². The topological polar surface area (TPSA) is 26.3 Å². The molecule has 0 N–H and O–H groups in total. The highest BCUT2D eigenvalue weighted by Gasteiger charge is 2.44. The molecule has 25 heavy (non-hydrogen) atoms. The first kappa shape index (κ1) is 20.0. The summed E-state index contributed by atoms with van der Waals surface area (Å²) in [6.45, 7) is 17.4. The molecule has 1 saturated carbocycles. The number of hydrogen-bond acceptors (Lipinski definition) is 2. The zero-order valence-electron chi connectivity index (χ0n) is 17.5. The minimum Gasteiger partial charge on any atom is -0.426 e. The highest BCUT2D eigenvalue weighted by Crippen LogP contribution is 2.46. The lowest BCUT2D eigenvalue weighted by molar-refractivity contribution is -0.136. The maximum atomic E-state index is 12.8. The summed E-state index contributed by atoms with van der Waals surface area (Å²) in [7, 11) is 0.